The van der Waals surface area contributed by atoms with Crippen LogP contribution in [0.1, 0.15) is 25.5 Å². The van der Waals surface area contributed by atoms with E-state index in [-0.39, 0.29) is 17.2 Å². The summed E-state index contributed by atoms with van der Waals surface area (Å²) in [4.78, 5) is 31.1. The van der Waals surface area contributed by atoms with Gasteiger partial charge >= 0.3 is 0 Å². The predicted molar refractivity (Wildman–Crippen MR) is 107 cm³/mol. The highest BCUT2D eigenvalue weighted by molar-refractivity contribution is 7.99. The zero-order chi connectivity index (χ0) is 19.8. The highest BCUT2D eigenvalue weighted by Crippen LogP contribution is 2.35. The SMILES string of the molecule is CCCCc1cc(=O)[nH]c(SCC(=O)Nc2cc(OC)c(Cl)cc2OC)n1. The largest absolute Gasteiger partial charge is 0.495 e. The number of halogens is 1. The maximum absolute atomic E-state index is 12.3. The molecule has 0 unspecified atom stereocenters. The van der Waals surface area contributed by atoms with E-state index >= 15 is 0 Å². The number of carbonyl (C=O) groups is 1. The summed E-state index contributed by atoms with van der Waals surface area (Å²) in [7, 11) is 2.97. The molecule has 9 heteroatoms. The van der Waals surface area contributed by atoms with Gasteiger partial charge in [0.05, 0.1) is 30.7 Å². The Hall–Kier alpha value is -2.19. The van der Waals surface area contributed by atoms with Crippen molar-refractivity contribution in [2.75, 3.05) is 25.3 Å². The number of thioether (sulfide) groups is 1. The third-order valence-corrected chi connectivity index (χ3v) is 4.82. The minimum Gasteiger partial charge on any atom is -0.495 e. The van der Waals surface area contributed by atoms with Crippen LogP contribution in [0.3, 0.4) is 0 Å². The van der Waals surface area contributed by atoms with Gasteiger partial charge in [-0.2, -0.15) is 0 Å². The van der Waals surface area contributed by atoms with Gasteiger partial charge in [-0.3, -0.25) is 9.59 Å². The van der Waals surface area contributed by atoms with Gasteiger partial charge in [0, 0.05) is 23.9 Å². The van der Waals surface area contributed by atoms with Crippen molar-refractivity contribution in [1.82, 2.24) is 9.97 Å². The first-order valence-electron chi connectivity index (χ1n) is 8.41. The molecule has 1 heterocycles. The summed E-state index contributed by atoms with van der Waals surface area (Å²) in [6.07, 6.45) is 2.72. The van der Waals surface area contributed by atoms with Crippen LogP contribution in [-0.4, -0.2) is 35.8 Å². The van der Waals surface area contributed by atoms with E-state index in [0.717, 1.165) is 36.7 Å². The highest BCUT2D eigenvalue weighted by Gasteiger charge is 2.13. The van der Waals surface area contributed by atoms with Crippen LogP contribution < -0.4 is 20.3 Å². The van der Waals surface area contributed by atoms with Gasteiger partial charge in [0.2, 0.25) is 5.91 Å². The number of amides is 1. The van der Waals surface area contributed by atoms with Crippen molar-refractivity contribution in [2.45, 2.75) is 31.3 Å². The molecule has 1 aromatic carbocycles. The lowest BCUT2D eigenvalue weighted by Gasteiger charge is -2.13. The third kappa shape index (κ3) is 6.18. The number of benzene rings is 1. The lowest BCUT2D eigenvalue weighted by atomic mass is 10.2. The Bertz CT molecular complexity index is 857. The smallest absolute Gasteiger partial charge is 0.251 e. The average Bonchev–Trinajstić information content (AvgIpc) is 2.65. The lowest BCUT2D eigenvalue weighted by molar-refractivity contribution is -0.113. The normalized spacial score (nSPS) is 10.5. The first-order chi connectivity index (χ1) is 13.0. The van der Waals surface area contributed by atoms with Gasteiger partial charge in [-0.25, -0.2) is 4.98 Å². The van der Waals surface area contributed by atoms with Crippen molar-refractivity contribution in [1.29, 1.82) is 0 Å². The van der Waals surface area contributed by atoms with Crippen LogP contribution in [0.25, 0.3) is 0 Å². The second kappa shape index (κ2) is 10.2. The molecule has 0 spiro atoms. The molecule has 0 aliphatic rings. The number of unbranched alkanes of at least 4 members (excludes halogenated alkanes) is 1. The second-order valence-electron chi connectivity index (χ2n) is 5.67. The van der Waals surface area contributed by atoms with Crippen LogP contribution in [-0.2, 0) is 11.2 Å². The average molecular weight is 412 g/mol. The van der Waals surface area contributed by atoms with E-state index in [9.17, 15) is 9.59 Å². The van der Waals surface area contributed by atoms with Crippen molar-refractivity contribution in [3.63, 3.8) is 0 Å². The first-order valence-corrected chi connectivity index (χ1v) is 9.77. The summed E-state index contributed by atoms with van der Waals surface area (Å²) in [5.41, 5.74) is 0.957. The number of nitrogens with one attached hydrogen (secondary N) is 2. The molecule has 0 aliphatic carbocycles. The van der Waals surface area contributed by atoms with Gasteiger partial charge in [0.25, 0.3) is 5.56 Å². The molecule has 0 fully saturated rings. The van der Waals surface area contributed by atoms with Crippen LogP contribution in [0.15, 0.2) is 28.2 Å². The Kier molecular flexibility index (Phi) is 7.99. The Morgan fingerprint density at radius 2 is 2.00 bits per heavy atom. The van der Waals surface area contributed by atoms with Crippen molar-refractivity contribution in [3.8, 4) is 11.5 Å². The topological polar surface area (TPSA) is 93.3 Å². The van der Waals surface area contributed by atoms with Gasteiger partial charge in [0.15, 0.2) is 5.16 Å². The number of nitrogens with zero attached hydrogens (tertiary/aromatic N) is 1. The van der Waals surface area contributed by atoms with E-state index in [0.29, 0.717) is 27.4 Å². The molecule has 27 heavy (non-hydrogen) atoms. The number of hydrogen-bond donors (Lipinski definition) is 2. The Labute approximate surface area is 166 Å². The van der Waals surface area contributed by atoms with Crippen LogP contribution in [0.5, 0.6) is 11.5 Å². The third-order valence-electron chi connectivity index (χ3n) is 3.65. The van der Waals surface area contributed by atoms with Gasteiger partial charge in [-0.1, -0.05) is 36.7 Å². The van der Waals surface area contributed by atoms with Crippen molar-refractivity contribution >= 4 is 35.0 Å². The summed E-state index contributed by atoms with van der Waals surface area (Å²) in [5, 5.41) is 3.56. The molecule has 0 aliphatic heterocycles. The summed E-state index contributed by atoms with van der Waals surface area (Å²) in [6, 6.07) is 4.65. The Morgan fingerprint density at radius 1 is 1.26 bits per heavy atom. The molecule has 0 atom stereocenters. The highest BCUT2D eigenvalue weighted by atomic mass is 35.5. The van der Waals surface area contributed by atoms with Gasteiger partial charge in [-0.15, -0.1) is 0 Å². The standard InChI is InChI=1S/C18H22ClN3O4S/c1-4-5-6-11-7-16(23)22-18(20-11)27-10-17(24)21-13-9-14(25-2)12(19)8-15(13)26-3/h7-9H,4-6,10H2,1-3H3,(H,21,24)(H,20,22,23). The molecule has 7 nitrogen and oxygen atoms in total. The van der Waals surface area contributed by atoms with Gasteiger partial charge < -0.3 is 19.8 Å². The maximum atomic E-state index is 12.3. The summed E-state index contributed by atoms with van der Waals surface area (Å²) >= 11 is 7.22. The fourth-order valence-corrected chi connectivity index (χ4v) is 3.24. The number of aryl methyl sites for hydroxylation is 1. The summed E-state index contributed by atoms with van der Waals surface area (Å²) in [6.45, 7) is 2.08. The van der Waals surface area contributed by atoms with Crippen LogP contribution in [0.2, 0.25) is 5.02 Å². The zero-order valence-corrected chi connectivity index (χ0v) is 17.0. The molecule has 2 aromatic rings. The fraction of sp³-hybridized carbons (Fsp3) is 0.389. The molecule has 2 N–H and O–H groups in total. The quantitative estimate of drug-likeness (QED) is 0.484. The Morgan fingerprint density at radius 3 is 2.67 bits per heavy atom. The van der Waals surface area contributed by atoms with E-state index in [1.165, 1.54) is 20.3 Å². The summed E-state index contributed by atoms with van der Waals surface area (Å²) < 4.78 is 10.4. The maximum Gasteiger partial charge on any atom is 0.251 e. The minimum absolute atomic E-state index is 0.0776. The number of rotatable bonds is 9. The molecule has 0 radical (unpaired) electrons. The number of carbonyl (C=O) groups excluding carboxylic acids is 1. The van der Waals surface area contributed by atoms with E-state index in [2.05, 4.69) is 22.2 Å². The lowest BCUT2D eigenvalue weighted by Crippen LogP contribution is -2.16. The van der Waals surface area contributed by atoms with E-state index in [4.69, 9.17) is 21.1 Å². The molecular formula is C18H22ClN3O4S. The number of anilines is 1. The van der Waals surface area contributed by atoms with E-state index in [1.54, 1.807) is 12.1 Å². The van der Waals surface area contributed by atoms with Gasteiger partial charge in [-0.05, 0) is 12.8 Å². The van der Waals surface area contributed by atoms with Crippen molar-refractivity contribution in [2.24, 2.45) is 0 Å². The molecular weight excluding hydrogens is 390 g/mol. The van der Waals surface area contributed by atoms with Crippen LogP contribution >= 0.6 is 23.4 Å². The molecule has 1 amide bonds. The van der Waals surface area contributed by atoms with E-state index in [1.807, 2.05) is 0 Å². The Balaban J connectivity index is 2.04. The molecule has 146 valence electrons. The first kappa shape index (κ1) is 21.1. The summed E-state index contributed by atoms with van der Waals surface area (Å²) in [5.74, 6) is 0.653. The fourth-order valence-electron chi connectivity index (χ4n) is 2.32. The van der Waals surface area contributed by atoms with Crippen LogP contribution in [0.4, 0.5) is 5.69 Å². The molecule has 0 saturated heterocycles. The molecule has 0 saturated carbocycles. The molecule has 1 aromatic heterocycles. The van der Waals surface area contributed by atoms with Crippen molar-refractivity contribution in [3.05, 3.63) is 39.3 Å². The number of aromatic amines is 1. The molecule has 0 bridgehead atoms. The second-order valence-corrected chi connectivity index (χ2v) is 7.04. The van der Waals surface area contributed by atoms with Crippen molar-refractivity contribution < 1.29 is 14.3 Å². The van der Waals surface area contributed by atoms with Crippen LogP contribution in [0, 0.1) is 0 Å². The number of aromatic nitrogens is 2. The number of H-pyrrole nitrogens is 1. The number of methoxy groups -OCH3 is 2. The molecule has 2 rings (SSSR count). The zero-order valence-electron chi connectivity index (χ0n) is 15.4. The monoisotopic (exact) mass is 411 g/mol. The van der Waals surface area contributed by atoms with E-state index < -0.39 is 0 Å². The minimum atomic E-state index is -0.274. The predicted octanol–water partition coefficient (Wildman–Crippen LogP) is 3.51. The van der Waals surface area contributed by atoms with Gasteiger partial charge in [0.1, 0.15) is 11.5 Å². The number of hydrogen-bond acceptors (Lipinski definition) is 6. The number of ether oxygens (including phenoxy) is 2.